The van der Waals surface area contributed by atoms with E-state index in [9.17, 15) is 19.2 Å². The SMILES string of the molecule is CCOCCOCCNC(=O)CC[C@@H](C=O)NC(=O)CCCCCCCCCCCCCCCCCCC(=O)O. The summed E-state index contributed by atoms with van der Waals surface area (Å²) >= 11 is 0. The Bertz CT molecular complexity index is 631. The minimum Gasteiger partial charge on any atom is -0.481 e. The van der Waals surface area contributed by atoms with E-state index < -0.39 is 12.0 Å². The van der Waals surface area contributed by atoms with Crippen LogP contribution in [0, 0.1) is 0 Å². The zero-order chi connectivity index (χ0) is 29.5. The van der Waals surface area contributed by atoms with Crippen molar-refractivity contribution in [2.75, 3.05) is 33.0 Å². The van der Waals surface area contributed by atoms with Crippen molar-refractivity contribution >= 4 is 24.1 Å². The summed E-state index contributed by atoms with van der Waals surface area (Å²) in [5.41, 5.74) is 0. The van der Waals surface area contributed by atoms with Gasteiger partial charge < -0.3 is 30.0 Å². The summed E-state index contributed by atoms with van der Waals surface area (Å²) in [6.07, 6.45) is 20.6. The number of aldehydes is 1. The maximum absolute atomic E-state index is 12.1. The van der Waals surface area contributed by atoms with Crippen molar-refractivity contribution in [3.05, 3.63) is 0 Å². The minimum absolute atomic E-state index is 0.126. The number of ether oxygens (including phenoxy) is 2. The molecule has 0 rings (SSSR count). The summed E-state index contributed by atoms with van der Waals surface area (Å²) in [6.45, 7) is 4.42. The first-order chi connectivity index (χ1) is 19.5. The number of hydrogen-bond acceptors (Lipinski definition) is 6. The van der Waals surface area contributed by atoms with Gasteiger partial charge in [-0.3, -0.25) is 14.4 Å². The fourth-order valence-corrected chi connectivity index (χ4v) is 4.49. The molecule has 234 valence electrons. The number of rotatable bonds is 31. The Hall–Kier alpha value is -2.00. The summed E-state index contributed by atoms with van der Waals surface area (Å²) in [6, 6.07) is -0.629. The van der Waals surface area contributed by atoms with Gasteiger partial charge in [-0.2, -0.15) is 0 Å². The Morgan fingerprint density at radius 3 is 1.60 bits per heavy atom. The Kier molecular flexibility index (Phi) is 28.5. The van der Waals surface area contributed by atoms with Gasteiger partial charge in [0.25, 0.3) is 0 Å². The molecule has 0 heterocycles. The van der Waals surface area contributed by atoms with Crippen molar-refractivity contribution in [1.29, 1.82) is 0 Å². The van der Waals surface area contributed by atoms with E-state index in [0.29, 0.717) is 58.5 Å². The second-order valence-electron chi connectivity index (χ2n) is 10.6. The largest absolute Gasteiger partial charge is 0.481 e. The molecule has 9 nitrogen and oxygen atoms in total. The van der Waals surface area contributed by atoms with Crippen LogP contribution in [0.4, 0.5) is 0 Å². The fraction of sp³-hybridized carbons (Fsp3) is 0.871. The lowest BCUT2D eigenvalue weighted by Gasteiger charge is -2.13. The number of unbranched alkanes of at least 4 members (excludes halogenated alkanes) is 15. The zero-order valence-electron chi connectivity index (χ0n) is 25.2. The van der Waals surface area contributed by atoms with Crippen LogP contribution in [0.2, 0.25) is 0 Å². The Morgan fingerprint density at radius 2 is 1.12 bits per heavy atom. The molecule has 0 unspecified atom stereocenters. The molecule has 2 amide bonds. The summed E-state index contributed by atoms with van der Waals surface area (Å²) in [5.74, 6) is -0.972. The van der Waals surface area contributed by atoms with E-state index in [1.165, 1.54) is 64.2 Å². The lowest BCUT2D eigenvalue weighted by atomic mass is 10.0. The van der Waals surface area contributed by atoms with Gasteiger partial charge in [0.05, 0.1) is 25.9 Å². The monoisotopic (exact) mass is 570 g/mol. The summed E-state index contributed by atoms with van der Waals surface area (Å²) in [4.78, 5) is 45.8. The maximum Gasteiger partial charge on any atom is 0.303 e. The molecule has 0 aliphatic carbocycles. The van der Waals surface area contributed by atoms with Gasteiger partial charge in [-0.05, 0) is 26.2 Å². The third-order valence-electron chi connectivity index (χ3n) is 6.88. The van der Waals surface area contributed by atoms with Crippen LogP contribution >= 0.6 is 0 Å². The molecular formula is C31H58N2O7. The lowest BCUT2D eigenvalue weighted by molar-refractivity contribution is -0.137. The normalized spacial score (nSPS) is 11.7. The average Bonchev–Trinajstić information content (AvgIpc) is 2.93. The summed E-state index contributed by atoms with van der Waals surface area (Å²) in [7, 11) is 0. The highest BCUT2D eigenvalue weighted by atomic mass is 16.5. The van der Waals surface area contributed by atoms with Gasteiger partial charge >= 0.3 is 5.97 Å². The van der Waals surface area contributed by atoms with Gasteiger partial charge in [-0.1, -0.05) is 89.9 Å². The Morgan fingerprint density at radius 1 is 0.650 bits per heavy atom. The van der Waals surface area contributed by atoms with Gasteiger partial charge in [0.15, 0.2) is 0 Å². The predicted octanol–water partition coefficient (Wildman–Crippen LogP) is 5.73. The Labute approximate surface area is 242 Å². The molecule has 0 spiro atoms. The summed E-state index contributed by atoms with van der Waals surface area (Å²) < 4.78 is 10.5. The Balaban J connectivity index is 3.48. The maximum atomic E-state index is 12.1. The average molecular weight is 571 g/mol. The van der Waals surface area contributed by atoms with Crippen LogP contribution in [0.1, 0.15) is 135 Å². The van der Waals surface area contributed by atoms with E-state index in [-0.39, 0.29) is 18.2 Å². The highest BCUT2D eigenvalue weighted by Gasteiger charge is 2.13. The van der Waals surface area contributed by atoms with Crippen LogP contribution in [0.5, 0.6) is 0 Å². The molecule has 0 aliphatic heterocycles. The van der Waals surface area contributed by atoms with Crippen molar-refractivity contribution in [3.8, 4) is 0 Å². The molecule has 0 aromatic rings. The number of aliphatic carboxylic acids is 1. The zero-order valence-corrected chi connectivity index (χ0v) is 25.2. The molecule has 1 atom stereocenters. The van der Waals surface area contributed by atoms with Crippen molar-refractivity contribution in [2.24, 2.45) is 0 Å². The third kappa shape index (κ3) is 29.0. The van der Waals surface area contributed by atoms with Crippen LogP contribution in [0.25, 0.3) is 0 Å². The fourth-order valence-electron chi connectivity index (χ4n) is 4.49. The van der Waals surface area contributed by atoms with Gasteiger partial charge in [0, 0.05) is 32.4 Å². The van der Waals surface area contributed by atoms with E-state index in [1.807, 2.05) is 6.92 Å². The van der Waals surface area contributed by atoms with E-state index in [1.54, 1.807) is 0 Å². The standard InChI is InChI=1S/C31H58N2O7/c1-2-39-25-26-40-24-23-32-29(35)22-21-28(27-34)33-30(36)19-17-15-13-11-9-7-5-3-4-6-8-10-12-14-16-18-20-31(37)38/h27-28H,2-26H2,1H3,(H,32,35)(H,33,36)(H,37,38)/t28-/m0/s1. The van der Waals surface area contributed by atoms with E-state index in [4.69, 9.17) is 14.6 Å². The second kappa shape index (κ2) is 30.0. The predicted molar refractivity (Wildman–Crippen MR) is 158 cm³/mol. The van der Waals surface area contributed by atoms with Crippen molar-refractivity contribution in [3.63, 3.8) is 0 Å². The number of carbonyl (C=O) groups is 4. The van der Waals surface area contributed by atoms with E-state index >= 15 is 0 Å². The van der Waals surface area contributed by atoms with Gasteiger partial charge in [0.2, 0.25) is 11.8 Å². The number of carbonyl (C=O) groups excluding carboxylic acids is 3. The topological polar surface area (TPSA) is 131 Å². The number of amides is 2. The molecule has 0 aromatic heterocycles. The number of nitrogens with one attached hydrogen (secondary N) is 2. The lowest BCUT2D eigenvalue weighted by Crippen LogP contribution is -2.37. The molecule has 9 heteroatoms. The molecule has 0 aliphatic rings. The molecule has 0 saturated carbocycles. The number of carboxylic acid groups (broad SMARTS) is 1. The van der Waals surface area contributed by atoms with Crippen LogP contribution in [0.15, 0.2) is 0 Å². The van der Waals surface area contributed by atoms with Crippen LogP contribution < -0.4 is 10.6 Å². The van der Waals surface area contributed by atoms with Gasteiger partial charge in [0.1, 0.15) is 6.29 Å². The van der Waals surface area contributed by atoms with Crippen molar-refractivity contribution in [2.45, 2.75) is 141 Å². The molecule has 0 radical (unpaired) electrons. The first-order valence-electron chi connectivity index (χ1n) is 15.9. The molecule has 0 aromatic carbocycles. The second-order valence-corrected chi connectivity index (χ2v) is 10.6. The number of hydrogen-bond donors (Lipinski definition) is 3. The molecular weight excluding hydrogens is 512 g/mol. The van der Waals surface area contributed by atoms with E-state index in [2.05, 4.69) is 10.6 Å². The van der Waals surface area contributed by atoms with Crippen molar-refractivity contribution in [1.82, 2.24) is 10.6 Å². The highest BCUT2D eigenvalue weighted by Crippen LogP contribution is 2.14. The highest BCUT2D eigenvalue weighted by molar-refractivity contribution is 5.80. The molecule has 0 saturated heterocycles. The molecule has 40 heavy (non-hydrogen) atoms. The first kappa shape index (κ1) is 38.0. The number of carboxylic acids is 1. The quantitative estimate of drug-likeness (QED) is 0.0717. The van der Waals surface area contributed by atoms with Gasteiger partial charge in [-0.15, -0.1) is 0 Å². The van der Waals surface area contributed by atoms with Crippen molar-refractivity contribution < 1.29 is 33.8 Å². The minimum atomic E-state index is -0.686. The third-order valence-corrected chi connectivity index (χ3v) is 6.88. The molecule has 0 fully saturated rings. The van der Waals surface area contributed by atoms with Crippen LogP contribution in [-0.4, -0.2) is 68.2 Å². The van der Waals surface area contributed by atoms with Crippen LogP contribution in [0.3, 0.4) is 0 Å². The smallest absolute Gasteiger partial charge is 0.303 e. The first-order valence-corrected chi connectivity index (χ1v) is 15.9. The van der Waals surface area contributed by atoms with Gasteiger partial charge in [-0.25, -0.2) is 0 Å². The molecule has 0 bridgehead atoms. The van der Waals surface area contributed by atoms with E-state index in [0.717, 1.165) is 38.5 Å². The molecule has 3 N–H and O–H groups in total. The van der Waals surface area contributed by atoms with Crippen LogP contribution in [-0.2, 0) is 28.7 Å². The summed E-state index contributed by atoms with van der Waals surface area (Å²) in [5, 5.41) is 14.1.